The van der Waals surface area contributed by atoms with Gasteiger partial charge in [-0.3, -0.25) is 4.98 Å². The van der Waals surface area contributed by atoms with Gasteiger partial charge in [-0.1, -0.05) is 37.3 Å². The van der Waals surface area contributed by atoms with Gasteiger partial charge < -0.3 is 5.32 Å². The Morgan fingerprint density at radius 3 is 2.45 bits per heavy atom. The molecule has 0 radical (unpaired) electrons. The van der Waals surface area contributed by atoms with Crippen molar-refractivity contribution in [3.63, 3.8) is 0 Å². The van der Waals surface area contributed by atoms with Crippen molar-refractivity contribution in [2.75, 3.05) is 13.1 Å². The SMILES string of the molecule is CCNCC1(c2ccncc2)CC(c2ccccc2)C1. The van der Waals surface area contributed by atoms with Gasteiger partial charge in [-0.15, -0.1) is 0 Å². The second kappa shape index (κ2) is 5.76. The Bertz CT molecular complexity index is 530. The van der Waals surface area contributed by atoms with E-state index in [1.165, 1.54) is 24.0 Å². The van der Waals surface area contributed by atoms with Crippen molar-refractivity contribution >= 4 is 0 Å². The molecule has 1 N–H and O–H groups in total. The molecule has 0 unspecified atom stereocenters. The molecule has 2 nitrogen and oxygen atoms in total. The Morgan fingerprint density at radius 2 is 1.80 bits per heavy atom. The summed E-state index contributed by atoms with van der Waals surface area (Å²) in [6.45, 7) is 4.27. The molecule has 1 aliphatic rings. The van der Waals surface area contributed by atoms with Crippen molar-refractivity contribution in [3.8, 4) is 0 Å². The third kappa shape index (κ3) is 2.48. The summed E-state index contributed by atoms with van der Waals surface area (Å²) in [6.07, 6.45) is 6.29. The Morgan fingerprint density at radius 1 is 1.10 bits per heavy atom. The van der Waals surface area contributed by atoms with E-state index in [0.717, 1.165) is 13.1 Å². The molecule has 1 saturated carbocycles. The van der Waals surface area contributed by atoms with E-state index in [2.05, 4.69) is 59.7 Å². The quantitative estimate of drug-likeness (QED) is 0.896. The van der Waals surface area contributed by atoms with Crippen LogP contribution in [0.15, 0.2) is 54.9 Å². The minimum absolute atomic E-state index is 0.291. The molecule has 1 aliphatic carbocycles. The third-order valence-electron chi connectivity index (χ3n) is 4.55. The van der Waals surface area contributed by atoms with E-state index < -0.39 is 0 Å². The maximum absolute atomic E-state index is 4.15. The third-order valence-corrected chi connectivity index (χ3v) is 4.55. The maximum atomic E-state index is 4.15. The van der Waals surface area contributed by atoms with E-state index in [1.54, 1.807) is 0 Å². The molecular formula is C18H22N2. The Kier molecular flexibility index (Phi) is 3.83. The van der Waals surface area contributed by atoms with Crippen LogP contribution in [0.4, 0.5) is 0 Å². The van der Waals surface area contributed by atoms with Gasteiger partial charge in [-0.2, -0.15) is 0 Å². The van der Waals surface area contributed by atoms with E-state index in [4.69, 9.17) is 0 Å². The average molecular weight is 266 g/mol. The van der Waals surface area contributed by atoms with Gasteiger partial charge in [0.15, 0.2) is 0 Å². The summed E-state index contributed by atoms with van der Waals surface area (Å²) in [7, 11) is 0. The molecule has 0 saturated heterocycles. The smallest absolute Gasteiger partial charge is 0.0270 e. The monoisotopic (exact) mass is 266 g/mol. The van der Waals surface area contributed by atoms with E-state index in [1.807, 2.05) is 12.4 Å². The zero-order valence-electron chi connectivity index (χ0n) is 12.0. The number of nitrogens with one attached hydrogen (secondary N) is 1. The fraction of sp³-hybridized carbons (Fsp3) is 0.389. The number of likely N-dealkylation sites (N-methyl/N-ethyl adjacent to an activating group) is 1. The van der Waals surface area contributed by atoms with Gasteiger partial charge in [0.05, 0.1) is 0 Å². The Labute approximate surface area is 121 Å². The van der Waals surface area contributed by atoms with Crippen LogP contribution in [0.2, 0.25) is 0 Å². The summed E-state index contributed by atoms with van der Waals surface area (Å²) in [4.78, 5) is 4.15. The van der Waals surface area contributed by atoms with Crippen molar-refractivity contribution in [2.45, 2.75) is 31.1 Å². The fourth-order valence-electron chi connectivity index (χ4n) is 3.40. The second-order valence-corrected chi connectivity index (χ2v) is 5.81. The predicted octanol–water partition coefficient (Wildman–Crippen LogP) is 3.51. The summed E-state index contributed by atoms with van der Waals surface area (Å²) in [6, 6.07) is 15.3. The lowest BCUT2D eigenvalue weighted by atomic mass is 9.57. The zero-order chi connectivity index (χ0) is 13.8. The molecule has 3 rings (SSSR count). The topological polar surface area (TPSA) is 24.9 Å². The van der Waals surface area contributed by atoms with Crippen LogP contribution < -0.4 is 5.32 Å². The first-order valence-corrected chi connectivity index (χ1v) is 7.50. The highest BCUT2D eigenvalue weighted by molar-refractivity contribution is 5.34. The molecule has 1 heterocycles. The summed E-state index contributed by atoms with van der Waals surface area (Å²) in [5, 5.41) is 3.54. The van der Waals surface area contributed by atoms with Crippen LogP contribution >= 0.6 is 0 Å². The van der Waals surface area contributed by atoms with Gasteiger partial charge in [0, 0.05) is 24.4 Å². The van der Waals surface area contributed by atoms with Crippen LogP contribution in [0.1, 0.15) is 36.8 Å². The fourth-order valence-corrected chi connectivity index (χ4v) is 3.40. The van der Waals surface area contributed by atoms with E-state index in [-0.39, 0.29) is 0 Å². The van der Waals surface area contributed by atoms with Crippen LogP contribution in [-0.4, -0.2) is 18.1 Å². The summed E-state index contributed by atoms with van der Waals surface area (Å²) < 4.78 is 0. The lowest BCUT2D eigenvalue weighted by molar-refractivity contribution is 0.195. The van der Waals surface area contributed by atoms with Gasteiger partial charge in [0.25, 0.3) is 0 Å². The average Bonchev–Trinajstić information content (AvgIpc) is 2.48. The van der Waals surface area contributed by atoms with Gasteiger partial charge in [-0.05, 0) is 48.6 Å². The molecule has 1 aromatic carbocycles. The number of rotatable bonds is 5. The molecule has 0 spiro atoms. The van der Waals surface area contributed by atoms with Crippen LogP contribution in [-0.2, 0) is 5.41 Å². The molecule has 1 aromatic heterocycles. The number of hydrogen-bond donors (Lipinski definition) is 1. The molecule has 2 aromatic rings. The van der Waals surface area contributed by atoms with E-state index in [0.29, 0.717) is 11.3 Å². The van der Waals surface area contributed by atoms with Gasteiger partial charge in [-0.25, -0.2) is 0 Å². The minimum atomic E-state index is 0.291. The molecule has 104 valence electrons. The highest BCUT2D eigenvalue weighted by Gasteiger charge is 2.45. The number of nitrogens with zero attached hydrogens (tertiary/aromatic N) is 1. The highest BCUT2D eigenvalue weighted by atomic mass is 14.9. The molecular weight excluding hydrogens is 244 g/mol. The standard InChI is InChI=1S/C18H22N2/c1-2-19-14-18(17-8-10-20-11-9-17)12-16(13-18)15-6-4-3-5-7-15/h3-11,16,19H,2,12-14H2,1H3. The molecule has 2 heteroatoms. The highest BCUT2D eigenvalue weighted by Crippen LogP contribution is 2.52. The van der Waals surface area contributed by atoms with Gasteiger partial charge in [0.1, 0.15) is 0 Å². The molecule has 0 amide bonds. The Hall–Kier alpha value is -1.67. The number of benzene rings is 1. The van der Waals surface area contributed by atoms with Crippen LogP contribution in [0.25, 0.3) is 0 Å². The van der Waals surface area contributed by atoms with Gasteiger partial charge >= 0.3 is 0 Å². The lowest BCUT2D eigenvalue weighted by Gasteiger charge is -2.49. The molecule has 0 atom stereocenters. The summed E-state index contributed by atoms with van der Waals surface area (Å²) in [5.41, 5.74) is 3.20. The maximum Gasteiger partial charge on any atom is 0.0270 e. The van der Waals surface area contributed by atoms with Crippen LogP contribution in [0, 0.1) is 0 Å². The molecule has 0 bridgehead atoms. The minimum Gasteiger partial charge on any atom is -0.316 e. The predicted molar refractivity (Wildman–Crippen MR) is 82.9 cm³/mol. The van der Waals surface area contributed by atoms with E-state index >= 15 is 0 Å². The Balaban J connectivity index is 1.78. The van der Waals surface area contributed by atoms with Gasteiger partial charge in [0.2, 0.25) is 0 Å². The lowest BCUT2D eigenvalue weighted by Crippen LogP contribution is -2.47. The first-order chi connectivity index (χ1) is 9.84. The van der Waals surface area contributed by atoms with Crippen molar-refractivity contribution in [3.05, 3.63) is 66.0 Å². The molecule has 20 heavy (non-hydrogen) atoms. The van der Waals surface area contributed by atoms with Crippen molar-refractivity contribution in [1.82, 2.24) is 10.3 Å². The van der Waals surface area contributed by atoms with E-state index in [9.17, 15) is 0 Å². The van der Waals surface area contributed by atoms with Crippen molar-refractivity contribution in [2.24, 2.45) is 0 Å². The van der Waals surface area contributed by atoms with Crippen LogP contribution in [0.5, 0.6) is 0 Å². The van der Waals surface area contributed by atoms with Crippen molar-refractivity contribution in [1.29, 1.82) is 0 Å². The number of aromatic nitrogens is 1. The number of pyridine rings is 1. The van der Waals surface area contributed by atoms with Crippen LogP contribution in [0.3, 0.4) is 0 Å². The largest absolute Gasteiger partial charge is 0.316 e. The molecule has 0 aliphatic heterocycles. The van der Waals surface area contributed by atoms with Crippen molar-refractivity contribution < 1.29 is 0 Å². The normalized spacial score (nSPS) is 25.1. The number of hydrogen-bond acceptors (Lipinski definition) is 2. The zero-order valence-corrected chi connectivity index (χ0v) is 12.0. The second-order valence-electron chi connectivity index (χ2n) is 5.81. The summed E-state index contributed by atoms with van der Waals surface area (Å²) in [5.74, 6) is 0.697. The molecule has 1 fully saturated rings. The summed E-state index contributed by atoms with van der Waals surface area (Å²) >= 11 is 0. The first kappa shape index (κ1) is 13.3. The first-order valence-electron chi connectivity index (χ1n) is 7.50.